The fraction of sp³-hybridized carbons (Fsp3) is 0.476. The Kier molecular flexibility index (Phi) is 8.73. The van der Waals surface area contributed by atoms with E-state index >= 15 is 0 Å². The Morgan fingerprint density at radius 2 is 1.81 bits per heavy atom. The first-order chi connectivity index (χ1) is 12.9. The molecule has 6 heteroatoms. The third-order valence-electron chi connectivity index (χ3n) is 4.12. The molecule has 0 amide bonds. The van der Waals surface area contributed by atoms with E-state index in [-0.39, 0.29) is 16.9 Å². The van der Waals surface area contributed by atoms with E-state index in [1.54, 1.807) is 13.3 Å². The lowest BCUT2D eigenvalue weighted by Gasteiger charge is -2.31. The summed E-state index contributed by atoms with van der Waals surface area (Å²) in [5, 5.41) is 0. The molecule has 0 fully saturated rings. The standard InChI is InChI=1S/C21H30N2O3S/c1-21(2,3)27(24)23-19(14-18-12-8-9-13-22-18)20(25-4)16-26-15-17-10-6-5-7-11-17/h5-13,19-20,23H,14-16H2,1-4H3/t19-,20-,27+/m0/s1. The van der Waals surface area contributed by atoms with Crippen molar-refractivity contribution in [2.24, 2.45) is 0 Å². The number of ether oxygens (including phenoxy) is 2. The van der Waals surface area contributed by atoms with Crippen molar-refractivity contribution in [3.05, 3.63) is 66.0 Å². The maximum Gasteiger partial charge on any atom is 0.136 e. The van der Waals surface area contributed by atoms with Gasteiger partial charge in [0.1, 0.15) is 10.9 Å². The number of aromatic nitrogens is 1. The predicted octanol–water partition coefficient (Wildman–Crippen LogP) is 3.28. The van der Waals surface area contributed by atoms with Crippen molar-refractivity contribution < 1.29 is 14.0 Å². The predicted molar refractivity (Wildman–Crippen MR) is 110 cm³/mol. The fourth-order valence-electron chi connectivity index (χ4n) is 2.52. The Hall–Kier alpha value is -1.44. The Labute approximate surface area is 165 Å². The summed E-state index contributed by atoms with van der Waals surface area (Å²) in [4.78, 5) is 4.40. The molecule has 1 aromatic heterocycles. The SMILES string of the molecule is CO[C@@H](COCc1ccccc1)[C@H](Cc1ccccn1)N[S@+]([O-])C(C)(C)C. The summed E-state index contributed by atoms with van der Waals surface area (Å²) in [7, 11) is 1.66. The maximum atomic E-state index is 12.7. The van der Waals surface area contributed by atoms with E-state index in [9.17, 15) is 4.55 Å². The summed E-state index contributed by atoms with van der Waals surface area (Å²) in [5.41, 5.74) is 2.03. The fourth-order valence-corrected chi connectivity index (χ4v) is 3.39. The lowest BCUT2D eigenvalue weighted by molar-refractivity contribution is -0.0134. The van der Waals surface area contributed by atoms with E-state index in [0.29, 0.717) is 19.6 Å². The minimum Gasteiger partial charge on any atom is -0.598 e. The number of methoxy groups -OCH3 is 1. The van der Waals surface area contributed by atoms with Gasteiger partial charge in [-0.2, -0.15) is 0 Å². The van der Waals surface area contributed by atoms with Crippen molar-refractivity contribution in [2.75, 3.05) is 13.7 Å². The van der Waals surface area contributed by atoms with Crippen LogP contribution in [0.25, 0.3) is 0 Å². The topological polar surface area (TPSA) is 66.4 Å². The van der Waals surface area contributed by atoms with E-state index in [0.717, 1.165) is 11.3 Å². The summed E-state index contributed by atoms with van der Waals surface area (Å²) in [5.74, 6) is 0. The van der Waals surface area contributed by atoms with E-state index < -0.39 is 11.4 Å². The average molecular weight is 391 g/mol. The lowest BCUT2D eigenvalue weighted by Crippen LogP contribution is -2.52. The summed E-state index contributed by atoms with van der Waals surface area (Å²) in [6.45, 7) is 6.75. The van der Waals surface area contributed by atoms with Gasteiger partial charge >= 0.3 is 0 Å². The number of hydrogen-bond donors (Lipinski definition) is 1. The minimum absolute atomic E-state index is 0.180. The third-order valence-corrected chi connectivity index (χ3v) is 5.74. The monoisotopic (exact) mass is 390 g/mol. The summed E-state index contributed by atoms with van der Waals surface area (Å²) < 4.78 is 27.1. The van der Waals surface area contributed by atoms with Gasteiger partial charge in [-0.15, -0.1) is 4.72 Å². The van der Waals surface area contributed by atoms with Crippen LogP contribution in [0.3, 0.4) is 0 Å². The molecule has 27 heavy (non-hydrogen) atoms. The Balaban J connectivity index is 2.03. The number of benzene rings is 1. The first-order valence-corrected chi connectivity index (χ1v) is 10.3. The minimum atomic E-state index is -1.22. The van der Waals surface area contributed by atoms with Gasteiger partial charge in [0, 0.05) is 36.8 Å². The van der Waals surface area contributed by atoms with E-state index in [4.69, 9.17) is 9.47 Å². The van der Waals surface area contributed by atoms with Crippen molar-refractivity contribution in [2.45, 2.75) is 50.7 Å². The Morgan fingerprint density at radius 3 is 2.41 bits per heavy atom. The zero-order valence-electron chi connectivity index (χ0n) is 16.6. The quantitative estimate of drug-likeness (QED) is 0.631. The number of nitrogens with zero attached hydrogens (tertiary/aromatic N) is 1. The second-order valence-corrected chi connectivity index (χ2v) is 9.40. The molecule has 0 radical (unpaired) electrons. The summed E-state index contributed by atoms with van der Waals surface area (Å²) >= 11 is -1.22. The molecule has 1 heterocycles. The molecule has 1 N–H and O–H groups in total. The highest BCUT2D eigenvalue weighted by molar-refractivity contribution is 7.90. The Bertz CT molecular complexity index is 649. The third kappa shape index (κ3) is 7.60. The van der Waals surface area contributed by atoms with E-state index in [2.05, 4.69) is 9.71 Å². The molecular formula is C21H30N2O3S. The van der Waals surface area contributed by atoms with Crippen molar-refractivity contribution in [1.29, 1.82) is 0 Å². The zero-order valence-corrected chi connectivity index (χ0v) is 17.4. The van der Waals surface area contributed by atoms with Crippen LogP contribution in [-0.2, 0) is 33.9 Å². The molecule has 0 aliphatic carbocycles. The zero-order chi connectivity index (χ0) is 19.7. The second kappa shape index (κ2) is 10.8. The molecule has 0 saturated heterocycles. The molecule has 3 atom stereocenters. The molecule has 0 bridgehead atoms. The molecule has 0 aliphatic rings. The van der Waals surface area contributed by atoms with Gasteiger partial charge in [-0.3, -0.25) is 4.98 Å². The van der Waals surface area contributed by atoms with Crippen LogP contribution in [-0.4, -0.2) is 40.1 Å². The summed E-state index contributed by atoms with van der Waals surface area (Å²) in [6.07, 6.45) is 2.12. The highest BCUT2D eigenvalue weighted by Gasteiger charge is 2.33. The van der Waals surface area contributed by atoms with Crippen molar-refractivity contribution in [3.8, 4) is 0 Å². The van der Waals surface area contributed by atoms with Crippen LogP contribution >= 0.6 is 0 Å². The molecule has 2 rings (SSSR count). The van der Waals surface area contributed by atoms with Crippen molar-refractivity contribution in [3.63, 3.8) is 0 Å². The van der Waals surface area contributed by atoms with Gasteiger partial charge in [0.2, 0.25) is 0 Å². The Morgan fingerprint density at radius 1 is 1.11 bits per heavy atom. The second-order valence-electron chi connectivity index (χ2n) is 7.41. The smallest absolute Gasteiger partial charge is 0.136 e. The molecular weight excluding hydrogens is 360 g/mol. The van der Waals surface area contributed by atoms with Gasteiger partial charge in [0.15, 0.2) is 0 Å². The van der Waals surface area contributed by atoms with Gasteiger partial charge in [-0.25, -0.2) is 0 Å². The summed E-state index contributed by atoms with van der Waals surface area (Å²) in [6, 6.07) is 15.6. The molecule has 0 spiro atoms. The largest absolute Gasteiger partial charge is 0.598 e. The van der Waals surface area contributed by atoms with Crippen molar-refractivity contribution >= 4 is 11.4 Å². The highest BCUT2D eigenvalue weighted by atomic mass is 32.2. The maximum absolute atomic E-state index is 12.7. The van der Waals surface area contributed by atoms with Crippen LogP contribution < -0.4 is 4.72 Å². The van der Waals surface area contributed by atoms with Gasteiger partial charge in [-0.1, -0.05) is 36.4 Å². The normalized spacial score (nSPS) is 15.3. The highest BCUT2D eigenvalue weighted by Crippen LogP contribution is 2.17. The first-order valence-electron chi connectivity index (χ1n) is 9.12. The van der Waals surface area contributed by atoms with Crippen LogP contribution in [0.4, 0.5) is 0 Å². The lowest BCUT2D eigenvalue weighted by atomic mass is 10.1. The molecule has 0 unspecified atom stereocenters. The first kappa shape index (κ1) is 21.9. The van der Waals surface area contributed by atoms with Crippen LogP contribution in [0, 0.1) is 0 Å². The van der Waals surface area contributed by atoms with Crippen LogP contribution in [0.1, 0.15) is 32.0 Å². The van der Waals surface area contributed by atoms with Gasteiger partial charge in [-0.05, 0) is 38.5 Å². The molecule has 2 aromatic rings. The van der Waals surface area contributed by atoms with Crippen LogP contribution in [0.15, 0.2) is 54.7 Å². The molecule has 148 valence electrons. The van der Waals surface area contributed by atoms with Crippen molar-refractivity contribution in [1.82, 2.24) is 9.71 Å². The van der Waals surface area contributed by atoms with E-state index in [1.807, 2.05) is 69.3 Å². The number of hydrogen-bond acceptors (Lipinski definition) is 5. The molecule has 5 nitrogen and oxygen atoms in total. The van der Waals surface area contributed by atoms with Crippen LogP contribution in [0.2, 0.25) is 0 Å². The number of pyridine rings is 1. The molecule has 0 aliphatic heterocycles. The van der Waals surface area contributed by atoms with Crippen LogP contribution in [0.5, 0.6) is 0 Å². The number of nitrogens with one attached hydrogen (secondary N) is 1. The van der Waals surface area contributed by atoms with Gasteiger partial charge in [0.25, 0.3) is 0 Å². The number of rotatable bonds is 10. The molecule has 0 saturated carbocycles. The van der Waals surface area contributed by atoms with E-state index in [1.165, 1.54) is 0 Å². The molecule has 1 aromatic carbocycles. The average Bonchev–Trinajstić information content (AvgIpc) is 2.65. The van der Waals surface area contributed by atoms with Gasteiger partial charge in [0.05, 0.1) is 19.3 Å². The van der Waals surface area contributed by atoms with Gasteiger partial charge < -0.3 is 14.0 Å².